The van der Waals surface area contributed by atoms with Gasteiger partial charge in [0.1, 0.15) is 11.9 Å². The van der Waals surface area contributed by atoms with Crippen molar-refractivity contribution in [2.24, 2.45) is 0 Å². The summed E-state index contributed by atoms with van der Waals surface area (Å²) in [6.07, 6.45) is -13.2. The maximum Gasteiger partial charge on any atom is 0.428 e. The van der Waals surface area contributed by atoms with Gasteiger partial charge in [-0.3, -0.25) is 0 Å². The molecule has 0 heterocycles. The lowest BCUT2D eigenvalue weighted by Gasteiger charge is -2.42. The Balaban J connectivity index is 2.05. The van der Waals surface area contributed by atoms with Gasteiger partial charge in [0.15, 0.2) is 0 Å². The fourth-order valence-electron chi connectivity index (χ4n) is 4.36. The van der Waals surface area contributed by atoms with E-state index in [1.165, 1.54) is 19.1 Å². The minimum absolute atomic E-state index is 0.175. The molecule has 10 heteroatoms. The van der Waals surface area contributed by atoms with Crippen molar-refractivity contribution in [1.29, 1.82) is 0 Å². The number of aliphatic hydroxyl groups is 1. The summed E-state index contributed by atoms with van der Waals surface area (Å²) in [5, 5.41) is 10.9. The Bertz CT molecular complexity index is 1070. The van der Waals surface area contributed by atoms with E-state index < -0.39 is 35.6 Å². The van der Waals surface area contributed by atoms with E-state index in [0.717, 1.165) is 0 Å². The molecule has 1 atom stereocenters. The van der Waals surface area contributed by atoms with E-state index in [2.05, 4.69) is 6.58 Å². The first-order valence-electron chi connectivity index (χ1n) is 10.6. The van der Waals surface area contributed by atoms with E-state index in [1.54, 1.807) is 24.3 Å². The molecule has 0 aromatic heterocycles. The summed E-state index contributed by atoms with van der Waals surface area (Å²) in [6, 6.07) is 9.42. The lowest BCUT2D eigenvalue weighted by atomic mass is 9.86. The van der Waals surface area contributed by atoms with E-state index in [1.807, 2.05) is 0 Å². The molecule has 0 saturated heterocycles. The summed E-state index contributed by atoms with van der Waals surface area (Å²) < 4.78 is 91.2. The molecule has 1 saturated carbocycles. The second kappa shape index (κ2) is 8.88. The standard InChI is InChI=1S/C24H24F6O4/c1-14(2)20(31)33-17-9-10-18-16(13-17)7-6-8-19(18)21(11-4-5-12-21)34-15(3)22(32,23(25,26)27)24(28,29)30/h6-10,13,15,32H,1,4-5,11-12H2,2-3H3. The molecule has 0 bridgehead atoms. The van der Waals surface area contributed by atoms with Crippen LogP contribution in [0.1, 0.15) is 45.1 Å². The van der Waals surface area contributed by atoms with Crippen LogP contribution in [0.2, 0.25) is 0 Å². The van der Waals surface area contributed by atoms with Crippen molar-refractivity contribution in [1.82, 2.24) is 0 Å². The van der Waals surface area contributed by atoms with Gasteiger partial charge in [-0.1, -0.05) is 43.7 Å². The number of esters is 1. The Kier molecular flexibility index (Phi) is 6.80. The average Bonchev–Trinajstić information content (AvgIpc) is 3.20. The molecular formula is C24H24F6O4. The van der Waals surface area contributed by atoms with E-state index >= 15 is 0 Å². The number of hydrogen-bond donors (Lipinski definition) is 1. The lowest BCUT2D eigenvalue weighted by molar-refractivity contribution is -0.399. The van der Waals surface area contributed by atoms with E-state index in [-0.39, 0.29) is 24.2 Å². The van der Waals surface area contributed by atoms with Gasteiger partial charge in [0.25, 0.3) is 5.60 Å². The van der Waals surface area contributed by atoms with Crippen LogP contribution in [0, 0.1) is 0 Å². The topological polar surface area (TPSA) is 55.8 Å². The zero-order valence-electron chi connectivity index (χ0n) is 18.5. The molecule has 1 N–H and O–H groups in total. The number of benzene rings is 2. The Morgan fingerprint density at radius 1 is 1.06 bits per heavy atom. The van der Waals surface area contributed by atoms with Crippen LogP contribution in [0.3, 0.4) is 0 Å². The number of alkyl halides is 6. The minimum atomic E-state index is -5.99. The smallest absolute Gasteiger partial charge is 0.423 e. The van der Waals surface area contributed by atoms with E-state index in [4.69, 9.17) is 9.47 Å². The highest BCUT2D eigenvalue weighted by molar-refractivity contribution is 5.91. The predicted octanol–water partition coefficient (Wildman–Crippen LogP) is 6.35. The molecule has 186 valence electrons. The molecule has 1 unspecified atom stereocenters. The van der Waals surface area contributed by atoms with Crippen molar-refractivity contribution in [3.8, 4) is 5.75 Å². The molecule has 1 aliphatic rings. The first-order chi connectivity index (χ1) is 15.6. The average molecular weight is 490 g/mol. The summed E-state index contributed by atoms with van der Waals surface area (Å²) in [6.45, 7) is 5.56. The highest BCUT2D eigenvalue weighted by Gasteiger charge is 2.74. The number of ether oxygens (including phenoxy) is 2. The Morgan fingerprint density at radius 2 is 1.65 bits per heavy atom. The van der Waals surface area contributed by atoms with Gasteiger partial charge >= 0.3 is 18.3 Å². The summed E-state index contributed by atoms with van der Waals surface area (Å²) in [7, 11) is 0. The number of hydrogen-bond acceptors (Lipinski definition) is 4. The van der Waals surface area contributed by atoms with Crippen molar-refractivity contribution >= 4 is 16.7 Å². The molecule has 2 aromatic rings. The van der Waals surface area contributed by atoms with Crippen LogP contribution in [-0.2, 0) is 15.1 Å². The molecular weight excluding hydrogens is 466 g/mol. The zero-order valence-corrected chi connectivity index (χ0v) is 18.5. The van der Waals surface area contributed by atoms with E-state index in [0.29, 0.717) is 36.1 Å². The third-order valence-electron chi connectivity index (χ3n) is 6.17. The van der Waals surface area contributed by atoms with Gasteiger partial charge in [0, 0.05) is 5.57 Å². The van der Waals surface area contributed by atoms with E-state index in [9.17, 15) is 36.2 Å². The molecule has 0 amide bonds. The third kappa shape index (κ3) is 4.53. The maximum absolute atomic E-state index is 13.4. The zero-order chi connectivity index (χ0) is 25.5. The van der Waals surface area contributed by atoms with Crippen molar-refractivity contribution in [2.45, 2.75) is 69.2 Å². The largest absolute Gasteiger partial charge is 0.428 e. The fourth-order valence-corrected chi connectivity index (χ4v) is 4.36. The highest BCUT2D eigenvalue weighted by atomic mass is 19.4. The van der Waals surface area contributed by atoms with Crippen LogP contribution in [0.4, 0.5) is 26.3 Å². The summed E-state index contributed by atoms with van der Waals surface area (Å²) in [5.41, 5.74) is -5.93. The first-order valence-corrected chi connectivity index (χ1v) is 10.6. The number of carbonyl (C=O) groups is 1. The van der Waals surface area contributed by atoms with Crippen molar-refractivity contribution in [3.63, 3.8) is 0 Å². The molecule has 1 aliphatic carbocycles. The number of halogens is 6. The van der Waals surface area contributed by atoms with Gasteiger partial charge in [-0.25, -0.2) is 4.79 Å². The Labute approximate surface area is 192 Å². The molecule has 0 aliphatic heterocycles. The van der Waals surface area contributed by atoms with Crippen LogP contribution < -0.4 is 4.74 Å². The molecule has 0 radical (unpaired) electrons. The minimum Gasteiger partial charge on any atom is -0.423 e. The van der Waals surface area contributed by atoms with Gasteiger partial charge in [-0.2, -0.15) is 26.3 Å². The van der Waals surface area contributed by atoms with Crippen molar-refractivity contribution in [2.75, 3.05) is 0 Å². The number of carbonyl (C=O) groups excluding carboxylic acids is 1. The number of fused-ring (bicyclic) bond motifs is 1. The van der Waals surface area contributed by atoms with Gasteiger partial charge in [-0.05, 0) is 55.2 Å². The second-order valence-electron chi connectivity index (χ2n) is 8.58. The Morgan fingerprint density at radius 3 is 2.18 bits per heavy atom. The SMILES string of the molecule is C=C(C)C(=O)Oc1ccc2c(C3(OC(C)C(O)(C(F)(F)F)C(F)(F)F)CCCC3)cccc2c1. The Hall–Kier alpha value is -2.59. The molecule has 34 heavy (non-hydrogen) atoms. The van der Waals surface area contributed by atoms with Gasteiger partial charge < -0.3 is 14.6 Å². The highest BCUT2D eigenvalue weighted by Crippen LogP contribution is 2.51. The van der Waals surface area contributed by atoms with Gasteiger partial charge in [-0.15, -0.1) is 0 Å². The molecule has 0 spiro atoms. The second-order valence-corrected chi connectivity index (χ2v) is 8.58. The van der Waals surface area contributed by atoms with Gasteiger partial charge in [0.2, 0.25) is 0 Å². The molecule has 3 rings (SSSR count). The summed E-state index contributed by atoms with van der Waals surface area (Å²) in [4.78, 5) is 11.8. The van der Waals surface area contributed by atoms with Crippen LogP contribution in [0.5, 0.6) is 5.75 Å². The van der Waals surface area contributed by atoms with Crippen molar-refractivity contribution < 1.29 is 45.7 Å². The summed E-state index contributed by atoms with van der Waals surface area (Å²) >= 11 is 0. The van der Waals surface area contributed by atoms with Crippen LogP contribution >= 0.6 is 0 Å². The first kappa shape index (κ1) is 26.0. The predicted molar refractivity (Wildman–Crippen MR) is 112 cm³/mol. The normalized spacial score (nSPS) is 17.6. The molecule has 2 aromatic carbocycles. The van der Waals surface area contributed by atoms with Gasteiger partial charge in [0.05, 0.1) is 5.60 Å². The molecule has 1 fully saturated rings. The van der Waals surface area contributed by atoms with Crippen LogP contribution in [-0.4, -0.2) is 35.1 Å². The quantitative estimate of drug-likeness (QED) is 0.222. The third-order valence-corrected chi connectivity index (χ3v) is 6.17. The maximum atomic E-state index is 13.4. The fraction of sp³-hybridized carbons (Fsp3) is 0.458. The van der Waals surface area contributed by atoms with Crippen LogP contribution in [0.15, 0.2) is 48.6 Å². The monoisotopic (exact) mass is 490 g/mol. The number of rotatable bonds is 6. The van der Waals surface area contributed by atoms with Crippen LogP contribution in [0.25, 0.3) is 10.8 Å². The summed E-state index contributed by atoms with van der Waals surface area (Å²) in [5.74, 6) is -0.436. The van der Waals surface area contributed by atoms with Crippen molar-refractivity contribution in [3.05, 3.63) is 54.1 Å². The molecule has 4 nitrogen and oxygen atoms in total. The lowest BCUT2D eigenvalue weighted by Crippen LogP contribution is -2.65.